The fourth-order valence-electron chi connectivity index (χ4n) is 2.20. The molecule has 0 fully saturated rings. The third kappa shape index (κ3) is 1.99. The third-order valence-electron chi connectivity index (χ3n) is 3.05. The van der Waals surface area contributed by atoms with E-state index in [-0.39, 0.29) is 0 Å². The highest BCUT2D eigenvalue weighted by molar-refractivity contribution is 5.66. The van der Waals surface area contributed by atoms with Crippen molar-refractivity contribution in [1.82, 2.24) is 9.55 Å². The number of nitrogen functional groups attached to an aromatic ring is 1. The largest absolute Gasteiger partial charge is 0.490 e. The number of imidazole rings is 1. The van der Waals surface area contributed by atoms with Crippen LogP contribution in [0.1, 0.15) is 5.69 Å². The molecule has 0 saturated heterocycles. The number of hydrogen-bond donors (Lipinski definition) is 1. The molecule has 2 N–H and O–H groups in total. The van der Waals surface area contributed by atoms with Crippen LogP contribution in [-0.2, 0) is 13.6 Å². The molecule has 2 aromatic rings. The predicted molar refractivity (Wildman–Crippen MR) is 70.6 cm³/mol. The standard InChI is InChI=1S/C13H16N4O/c1-16-7-11(15-9-16)8-17-4-5-18-13-3-2-10(14)6-12(13)17/h2-3,6-7,9H,4-5,8,14H2,1H3. The van der Waals surface area contributed by atoms with Crippen molar-refractivity contribution >= 4 is 11.4 Å². The summed E-state index contributed by atoms with van der Waals surface area (Å²) in [4.78, 5) is 6.60. The molecule has 0 saturated carbocycles. The summed E-state index contributed by atoms with van der Waals surface area (Å²) in [7, 11) is 1.97. The lowest BCUT2D eigenvalue weighted by molar-refractivity contribution is 0.307. The van der Waals surface area contributed by atoms with Crippen molar-refractivity contribution < 1.29 is 4.74 Å². The van der Waals surface area contributed by atoms with E-state index in [1.807, 2.05) is 42.3 Å². The maximum atomic E-state index is 5.84. The quantitative estimate of drug-likeness (QED) is 0.811. The first kappa shape index (κ1) is 11.0. The van der Waals surface area contributed by atoms with Gasteiger partial charge in [-0.1, -0.05) is 0 Å². The molecule has 0 spiro atoms. The van der Waals surface area contributed by atoms with E-state index in [1.165, 1.54) is 0 Å². The van der Waals surface area contributed by atoms with Crippen molar-refractivity contribution in [2.24, 2.45) is 7.05 Å². The number of nitrogens with zero attached hydrogens (tertiary/aromatic N) is 3. The van der Waals surface area contributed by atoms with Crippen LogP contribution >= 0.6 is 0 Å². The van der Waals surface area contributed by atoms with Gasteiger partial charge in [0.25, 0.3) is 0 Å². The second-order valence-electron chi connectivity index (χ2n) is 4.53. The minimum Gasteiger partial charge on any atom is -0.490 e. The highest BCUT2D eigenvalue weighted by Crippen LogP contribution is 2.33. The van der Waals surface area contributed by atoms with Crippen molar-refractivity contribution in [1.29, 1.82) is 0 Å². The molecule has 5 heteroatoms. The lowest BCUT2D eigenvalue weighted by atomic mass is 10.2. The Kier molecular flexibility index (Phi) is 2.59. The summed E-state index contributed by atoms with van der Waals surface area (Å²) >= 11 is 0. The Morgan fingerprint density at radius 3 is 3.11 bits per heavy atom. The molecule has 0 unspecified atom stereocenters. The molecule has 3 rings (SSSR count). The van der Waals surface area contributed by atoms with Gasteiger partial charge in [0.2, 0.25) is 0 Å². The molecular weight excluding hydrogens is 228 g/mol. The molecule has 0 amide bonds. The number of nitrogens with two attached hydrogens (primary N) is 1. The van der Waals surface area contributed by atoms with Crippen LogP contribution in [0.2, 0.25) is 0 Å². The maximum absolute atomic E-state index is 5.84. The molecule has 94 valence electrons. The highest BCUT2D eigenvalue weighted by Gasteiger charge is 2.18. The van der Waals surface area contributed by atoms with Gasteiger partial charge in [0.15, 0.2) is 0 Å². The van der Waals surface area contributed by atoms with Crippen molar-refractivity contribution in [2.75, 3.05) is 23.8 Å². The molecule has 1 aromatic carbocycles. The fourth-order valence-corrected chi connectivity index (χ4v) is 2.20. The number of hydrogen-bond acceptors (Lipinski definition) is 4. The second kappa shape index (κ2) is 4.25. The molecule has 0 radical (unpaired) electrons. The first-order valence-electron chi connectivity index (χ1n) is 5.96. The molecule has 0 bridgehead atoms. The zero-order chi connectivity index (χ0) is 12.5. The van der Waals surface area contributed by atoms with E-state index in [9.17, 15) is 0 Å². The van der Waals surface area contributed by atoms with Crippen molar-refractivity contribution in [3.8, 4) is 5.75 Å². The number of aromatic nitrogens is 2. The van der Waals surface area contributed by atoms with E-state index in [2.05, 4.69) is 9.88 Å². The molecule has 0 atom stereocenters. The van der Waals surface area contributed by atoms with Gasteiger partial charge in [-0.2, -0.15) is 0 Å². The third-order valence-corrected chi connectivity index (χ3v) is 3.05. The normalized spacial score (nSPS) is 14.2. The van der Waals surface area contributed by atoms with Crippen LogP contribution in [0.15, 0.2) is 30.7 Å². The summed E-state index contributed by atoms with van der Waals surface area (Å²) in [6.07, 6.45) is 3.84. The van der Waals surface area contributed by atoms with Gasteiger partial charge in [0.05, 0.1) is 30.8 Å². The summed E-state index contributed by atoms with van der Waals surface area (Å²) in [5.74, 6) is 0.895. The average Bonchev–Trinajstić information content (AvgIpc) is 2.76. The lowest BCUT2D eigenvalue weighted by Crippen LogP contribution is -2.32. The van der Waals surface area contributed by atoms with E-state index < -0.39 is 0 Å². The van der Waals surface area contributed by atoms with Gasteiger partial charge < -0.3 is 19.9 Å². The summed E-state index contributed by atoms with van der Waals surface area (Å²) in [6.45, 7) is 2.33. The van der Waals surface area contributed by atoms with Gasteiger partial charge in [0.1, 0.15) is 12.4 Å². The van der Waals surface area contributed by atoms with Crippen molar-refractivity contribution in [2.45, 2.75) is 6.54 Å². The van der Waals surface area contributed by atoms with Crippen LogP contribution in [0.3, 0.4) is 0 Å². The van der Waals surface area contributed by atoms with Crippen molar-refractivity contribution in [3.05, 3.63) is 36.4 Å². The first-order valence-corrected chi connectivity index (χ1v) is 5.96. The summed E-state index contributed by atoms with van der Waals surface area (Å²) in [5.41, 5.74) is 8.69. The Morgan fingerprint density at radius 2 is 2.33 bits per heavy atom. The Hall–Kier alpha value is -2.17. The predicted octanol–water partition coefficient (Wildman–Crippen LogP) is 1.40. The van der Waals surface area contributed by atoms with Gasteiger partial charge in [-0.3, -0.25) is 0 Å². The van der Waals surface area contributed by atoms with E-state index in [0.717, 1.165) is 35.9 Å². The zero-order valence-corrected chi connectivity index (χ0v) is 10.3. The summed E-state index contributed by atoms with van der Waals surface area (Å²) < 4.78 is 7.58. The Morgan fingerprint density at radius 1 is 1.44 bits per heavy atom. The van der Waals surface area contributed by atoms with Crippen molar-refractivity contribution in [3.63, 3.8) is 0 Å². The summed E-state index contributed by atoms with van der Waals surface area (Å²) in [6, 6.07) is 5.75. The number of aryl methyl sites for hydroxylation is 1. The van der Waals surface area contributed by atoms with Gasteiger partial charge in [0, 0.05) is 18.9 Å². The molecule has 2 heterocycles. The molecule has 1 aliphatic heterocycles. The minimum absolute atomic E-state index is 0.698. The molecule has 1 aromatic heterocycles. The van der Waals surface area contributed by atoms with E-state index in [0.29, 0.717) is 6.61 Å². The van der Waals surface area contributed by atoms with Crippen LogP contribution in [0.5, 0.6) is 5.75 Å². The monoisotopic (exact) mass is 244 g/mol. The number of benzene rings is 1. The molecule has 18 heavy (non-hydrogen) atoms. The lowest BCUT2D eigenvalue weighted by Gasteiger charge is -2.30. The van der Waals surface area contributed by atoms with Crippen LogP contribution in [-0.4, -0.2) is 22.7 Å². The maximum Gasteiger partial charge on any atom is 0.142 e. The summed E-state index contributed by atoms with van der Waals surface area (Å²) in [5, 5.41) is 0. The van der Waals surface area contributed by atoms with E-state index in [1.54, 1.807) is 0 Å². The Bertz CT molecular complexity index is 564. The van der Waals surface area contributed by atoms with Crippen LogP contribution < -0.4 is 15.4 Å². The van der Waals surface area contributed by atoms with Gasteiger partial charge in [-0.05, 0) is 18.2 Å². The number of ether oxygens (including phenoxy) is 1. The molecule has 5 nitrogen and oxygen atoms in total. The Labute approximate surface area is 106 Å². The number of fused-ring (bicyclic) bond motifs is 1. The number of rotatable bonds is 2. The van der Waals surface area contributed by atoms with Crippen LogP contribution in [0.4, 0.5) is 11.4 Å². The Balaban J connectivity index is 1.88. The fraction of sp³-hybridized carbons (Fsp3) is 0.308. The van der Waals surface area contributed by atoms with Crippen LogP contribution in [0, 0.1) is 0 Å². The minimum atomic E-state index is 0.698. The number of anilines is 2. The van der Waals surface area contributed by atoms with Gasteiger partial charge in [-0.25, -0.2) is 4.98 Å². The van der Waals surface area contributed by atoms with E-state index >= 15 is 0 Å². The first-order chi connectivity index (χ1) is 8.72. The molecular formula is C13H16N4O. The van der Waals surface area contributed by atoms with E-state index in [4.69, 9.17) is 10.5 Å². The SMILES string of the molecule is Cn1cnc(CN2CCOc3ccc(N)cc32)c1. The zero-order valence-electron chi connectivity index (χ0n) is 10.3. The van der Waals surface area contributed by atoms with Gasteiger partial charge in [-0.15, -0.1) is 0 Å². The topological polar surface area (TPSA) is 56.3 Å². The van der Waals surface area contributed by atoms with Crippen LogP contribution in [0.25, 0.3) is 0 Å². The molecule has 0 aliphatic carbocycles. The average molecular weight is 244 g/mol. The van der Waals surface area contributed by atoms with Gasteiger partial charge >= 0.3 is 0 Å². The smallest absolute Gasteiger partial charge is 0.142 e. The second-order valence-corrected chi connectivity index (χ2v) is 4.53. The molecule has 1 aliphatic rings. The highest BCUT2D eigenvalue weighted by atomic mass is 16.5.